The van der Waals surface area contributed by atoms with Gasteiger partial charge in [-0.25, -0.2) is 9.36 Å². The lowest BCUT2D eigenvalue weighted by Crippen LogP contribution is -2.57. The van der Waals surface area contributed by atoms with Crippen molar-refractivity contribution in [2.45, 2.75) is 31.2 Å². The Bertz CT molecular complexity index is 647. The van der Waals surface area contributed by atoms with E-state index in [1.165, 1.54) is 16.7 Å². The fourth-order valence-electron chi connectivity index (χ4n) is 3.04. The number of carbonyl (C=O) groups is 2. The molecule has 1 aromatic heterocycles. The highest BCUT2D eigenvalue weighted by atomic mass is 32.2. The number of hydrogen-bond donors (Lipinski definition) is 2. The van der Waals surface area contributed by atoms with Crippen LogP contribution in [-0.2, 0) is 16.1 Å². The van der Waals surface area contributed by atoms with Crippen molar-refractivity contribution in [1.82, 2.24) is 4.90 Å². The Morgan fingerprint density at radius 3 is 2.70 bits per heavy atom. The number of aromatic nitrogens is 1. The van der Waals surface area contributed by atoms with E-state index in [4.69, 9.17) is 5.11 Å². The molecule has 2 atom stereocenters. The van der Waals surface area contributed by atoms with Crippen molar-refractivity contribution in [2.24, 2.45) is 5.92 Å². The molecule has 0 saturated carbocycles. The molecule has 0 radical (unpaired) electrons. The first-order valence-corrected chi connectivity index (χ1v) is 8.52. The zero-order valence-corrected chi connectivity index (χ0v) is 13.4. The average molecular weight is 335 g/mol. The molecule has 1 fully saturated rings. The van der Waals surface area contributed by atoms with Crippen LogP contribution in [0, 0.1) is 5.92 Å². The number of hydrogen-bond acceptors (Lipinski definition) is 4. The Balaban J connectivity index is 1.66. The number of aliphatic hydroxyl groups is 1. The zero-order valence-electron chi connectivity index (χ0n) is 12.6. The molecule has 1 amide bonds. The number of carboxylic acid groups (broad SMARTS) is 1. The third-order valence-electron chi connectivity index (χ3n) is 4.16. The Kier molecular flexibility index (Phi) is 4.68. The first kappa shape index (κ1) is 16.0. The molecule has 0 bridgehead atoms. The van der Waals surface area contributed by atoms with Gasteiger partial charge in [0.2, 0.25) is 5.91 Å². The summed E-state index contributed by atoms with van der Waals surface area (Å²) in [5, 5.41) is 18.3. The van der Waals surface area contributed by atoms with Gasteiger partial charge in [0.25, 0.3) is 0 Å². The maximum absolute atomic E-state index is 12.1. The third kappa shape index (κ3) is 2.98. The summed E-state index contributed by atoms with van der Waals surface area (Å²) in [6, 6.07) is 5.86. The summed E-state index contributed by atoms with van der Waals surface area (Å²) in [6.07, 6.45) is 5.80. The van der Waals surface area contributed by atoms with E-state index in [9.17, 15) is 14.7 Å². The highest BCUT2D eigenvalue weighted by Gasteiger charge is 2.55. The second-order valence-electron chi connectivity index (χ2n) is 5.63. The minimum absolute atomic E-state index is 0.0519. The third-order valence-corrected chi connectivity index (χ3v) is 5.62. The summed E-state index contributed by atoms with van der Waals surface area (Å²) in [5.74, 6) is -1.49. The number of aryl methyl sites for hydroxylation is 1. The molecule has 23 heavy (non-hydrogen) atoms. The number of fused-ring (bicyclic) bond motifs is 1. The van der Waals surface area contributed by atoms with Crippen molar-refractivity contribution in [3.8, 4) is 0 Å². The second-order valence-corrected chi connectivity index (χ2v) is 6.84. The SMILES string of the molecule is O=C(O)C1=C(CCC[n+]2ccccc2)S[C@@H]2[C@@H](CCO)C(=O)N12. The van der Waals surface area contributed by atoms with E-state index in [1.54, 1.807) is 0 Å². The Hall–Kier alpha value is -1.86. The lowest BCUT2D eigenvalue weighted by atomic mass is 9.94. The van der Waals surface area contributed by atoms with Crippen LogP contribution < -0.4 is 4.57 Å². The first-order valence-electron chi connectivity index (χ1n) is 7.64. The van der Waals surface area contributed by atoms with Gasteiger partial charge in [-0.05, 0) is 12.8 Å². The van der Waals surface area contributed by atoms with Crippen LogP contribution in [0.15, 0.2) is 41.2 Å². The van der Waals surface area contributed by atoms with Gasteiger partial charge in [-0.15, -0.1) is 11.8 Å². The highest BCUT2D eigenvalue weighted by molar-refractivity contribution is 8.04. The Morgan fingerprint density at radius 1 is 1.30 bits per heavy atom. The highest BCUT2D eigenvalue weighted by Crippen LogP contribution is 2.51. The number of pyridine rings is 1. The van der Waals surface area contributed by atoms with Gasteiger partial charge in [-0.1, -0.05) is 6.07 Å². The summed E-state index contributed by atoms with van der Waals surface area (Å²) >= 11 is 1.47. The minimum atomic E-state index is -1.04. The molecule has 2 aliphatic rings. The Labute approximate surface area is 138 Å². The van der Waals surface area contributed by atoms with Crippen LogP contribution in [0.1, 0.15) is 19.3 Å². The summed E-state index contributed by atoms with van der Waals surface area (Å²) in [7, 11) is 0. The van der Waals surface area contributed by atoms with E-state index >= 15 is 0 Å². The van der Waals surface area contributed by atoms with E-state index in [-0.39, 0.29) is 29.5 Å². The van der Waals surface area contributed by atoms with Crippen molar-refractivity contribution in [3.05, 3.63) is 41.2 Å². The number of amides is 1. The molecule has 0 aromatic carbocycles. The van der Waals surface area contributed by atoms with E-state index in [0.29, 0.717) is 12.8 Å². The quantitative estimate of drug-likeness (QED) is 0.573. The molecule has 0 aliphatic carbocycles. The molecule has 6 nitrogen and oxygen atoms in total. The predicted octanol–water partition coefficient (Wildman–Crippen LogP) is 0.964. The van der Waals surface area contributed by atoms with Gasteiger partial charge in [-0.3, -0.25) is 9.69 Å². The van der Waals surface area contributed by atoms with Crippen LogP contribution in [0.3, 0.4) is 0 Å². The molecule has 3 heterocycles. The molecule has 3 rings (SSSR count). The fourth-order valence-corrected chi connectivity index (χ4v) is 4.62. The second kappa shape index (κ2) is 6.72. The van der Waals surface area contributed by atoms with E-state index < -0.39 is 5.97 Å². The van der Waals surface area contributed by atoms with Gasteiger partial charge in [0.1, 0.15) is 12.2 Å². The topological polar surface area (TPSA) is 81.7 Å². The number of rotatable bonds is 7. The van der Waals surface area contributed by atoms with Crippen molar-refractivity contribution in [2.75, 3.05) is 6.61 Å². The molecule has 1 saturated heterocycles. The molecule has 1 aromatic rings. The van der Waals surface area contributed by atoms with Crippen LogP contribution in [0.2, 0.25) is 0 Å². The lowest BCUT2D eigenvalue weighted by Gasteiger charge is -2.42. The number of thioether (sulfide) groups is 1. The summed E-state index contributed by atoms with van der Waals surface area (Å²) < 4.78 is 2.05. The smallest absolute Gasteiger partial charge is 0.353 e. The molecule has 0 spiro atoms. The first-order chi connectivity index (χ1) is 11.1. The van der Waals surface area contributed by atoms with Crippen LogP contribution in [0.25, 0.3) is 0 Å². The largest absolute Gasteiger partial charge is 0.477 e. The van der Waals surface area contributed by atoms with E-state index in [2.05, 4.69) is 4.57 Å². The van der Waals surface area contributed by atoms with Crippen LogP contribution in [0.4, 0.5) is 0 Å². The number of allylic oxidation sites excluding steroid dienone is 1. The van der Waals surface area contributed by atoms with E-state index in [1.807, 2.05) is 30.6 Å². The van der Waals surface area contributed by atoms with Gasteiger partial charge < -0.3 is 10.2 Å². The van der Waals surface area contributed by atoms with Crippen molar-refractivity contribution >= 4 is 23.6 Å². The summed E-state index contributed by atoms with van der Waals surface area (Å²) in [4.78, 5) is 25.8. The number of nitrogens with zero attached hydrogens (tertiary/aromatic N) is 2. The molecule has 0 unspecified atom stereocenters. The van der Waals surface area contributed by atoms with Gasteiger partial charge in [-0.2, -0.15) is 0 Å². The molecule has 2 aliphatic heterocycles. The number of carbonyl (C=O) groups excluding carboxylic acids is 1. The fraction of sp³-hybridized carbons (Fsp3) is 0.438. The molecule has 7 heteroatoms. The maximum Gasteiger partial charge on any atom is 0.353 e. The number of β-lactam (4-membered cyclic amide) rings is 1. The van der Waals surface area contributed by atoms with Crippen molar-refractivity contribution < 1.29 is 24.4 Å². The number of carboxylic acids is 1. The molecule has 122 valence electrons. The molecular formula is C16H19N2O4S+. The van der Waals surface area contributed by atoms with Crippen LogP contribution in [-0.4, -0.2) is 39.0 Å². The van der Waals surface area contributed by atoms with E-state index in [0.717, 1.165) is 17.9 Å². The van der Waals surface area contributed by atoms with Crippen molar-refractivity contribution in [3.63, 3.8) is 0 Å². The standard InChI is InChI=1S/C16H18N2O4S/c19-10-6-11-14(20)18-13(16(21)22)12(23-15(11)18)5-4-9-17-7-2-1-3-8-17/h1-3,7-8,11,15,19H,4-6,9-10H2/p+1/t11-,15+/m0/s1. The number of aliphatic carboxylic acids is 1. The minimum Gasteiger partial charge on any atom is -0.477 e. The lowest BCUT2D eigenvalue weighted by molar-refractivity contribution is -0.697. The molecular weight excluding hydrogens is 316 g/mol. The zero-order chi connectivity index (χ0) is 16.4. The Morgan fingerprint density at radius 2 is 2.04 bits per heavy atom. The summed E-state index contributed by atoms with van der Waals surface area (Å²) in [5.41, 5.74) is 0.136. The molecule has 2 N–H and O–H groups in total. The monoisotopic (exact) mass is 335 g/mol. The van der Waals surface area contributed by atoms with Crippen LogP contribution >= 0.6 is 11.8 Å². The van der Waals surface area contributed by atoms with Gasteiger partial charge in [0.15, 0.2) is 12.4 Å². The normalized spacial score (nSPS) is 23.0. The average Bonchev–Trinajstić information content (AvgIpc) is 2.89. The van der Waals surface area contributed by atoms with Gasteiger partial charge >= 0.3 is 5.97 Å². The number of aliphatic hydroxyl groups excluding tert-OH is 1. The maximum atomic E-state index is 12.1. The predicted molar refractivity (Wildman–Crippen MR) is 84.0 cm³/mol. The van der Waals surface area contributed by atoms with Crippen LogP contribution in [0.5, 0.6) is 0 Å². The van der Waals surface area contributed by atoms with Gasteiger partial charge in [0.05, 0.1) is 11.3 Å². The van der Waals surface area contributed by atoms with Gasteiger partial charge in [0, 0.05) is 30.1 Å². The summed E-state index contributed by atoms with van der Waals surface area (Å²) in [6.45, 7) is 0.750. The van der Waals surface area contributed by atoms with Crippen molar-refractivity contribution in [1.29, 1.82) is 0 Å².